The minimum atomic E-state index is -0.287. The van der Waals surface area contributed by atoms with Crippen molar-refractivity contribution < 1.29 is 19.1 Å². The monoisotopic (exact) mass is 218 g/mol. The molecule has 0 spiro atoms. The van der Waals surface area contributed by atoms with E-state index < -0.39 is 0 Å². The summed E-state index contributed by atoms with van der Waals surface area (Å²) in [6.07, 6.45) is 0.817. The van der Waals surface area contributed by atoms with Gasteiger partial charge in [0.2, 0.25) is 0 Å². The normalized spacial score (nSPS) is 20.8. The van der Waals surface area contributed by atoms with E-state index in [1.807, 2.05) is 0 Å². The first-order valence-corrected chi connectivity index (χ1v) is 5.64. The van der Waals surface area contributed by atoms with Crippen LogP contribution in [-0.4, -0.2) is 43.6 Å². The topological polar surface area (TPSA) is 52.6 Å². The van der Waals surface area contributed by atoms with Gasteiger partial charge in [-0.25, -0.2) is 0 Å². The third kappa shape index (κ3) is 3.67. The fourth-order valence-corrected chi connectivity index (χ4v) is 2.02. The molecule has 0 N–H and O–H groups in total. The maximum absolute atomic E-state index is 11.5. The predicted molar refractivity (Wildman–Crippen MR) is 53.3 cm³/mol. The molecule has 1 unspecified atom stereocenters. The molecule has 5 heteroatoms. The third-order valence-corrected chi connectivity index (χ3v) is 3.01. The van der Waals surface area contributed by atoms with Gasteiger partial charge in [0.15, 0.2) is 0 Å². The van der Waals surface area contributed by atoms with Crippen molar-refractivity contribution in [1.29, 1.82) is 0 Å². The van der Waals surface area contributed by atoms with E-state index in [0.29, 0.717) is 19.0 Å². The summed E-state index contributed by atoms with van der Waals surface area (Å²) in [4.78, 5) is 22.2. The van der Waals surface area contributed by atoms with E-state index in [4.69, 9.17) is 4.74 Å². The molecule has 0 amide bonds. The number of carbonyl (C=O) groups is 2. The van der Waals surface area contributed by atoms with Crippen LogP contribution < -0.4 is 0 Å². The number of hydrogen-bond acceptors (Lipinski definition) is 5. The zero-order chi connectivity index (χ0) is 10.4. The van der Waals surface area contributed by atoms with Gasteiger partial charge in [-0.15, -0.1) is 11.8 Å². The van der Waals surface area contributed by atoms with Crippen molar-refractivity contribution in [2.75, 3.05) is 31.8 Å². The molecule has 4 nitrogen and oxygen atoms in total. The highest BCUT2D eigenvalue weighted by Crippen LogP contribution is 2.15. The molecule has 1 atom stereocenters. The van der Waals surface area contributed by atoms with Crippen LogP contribution in [0, 0.1) is 5.92 Å². The molecular weight excluding hydrogens is 204 g/mol. The summed E-state index contributed by atoms with van der Waals surface area (Å²) in [5.74, 6) is 0.556. The van der Waals surface area contributed by atoms with Crippen LogP contribution in [0.3, 0.4) is 0 Å². The van der Waals surface area contributed by atoms with Gasteiger partial charge in [0.1, 0.15) is 5.78 Å². The first kappa shape index (κ1) is 11.5. The quantitative estimate of drug-likeness (QED) is 0.629. The highest BCUT2D eigenvalue weighted by molar-refractivity contribution is 8.00. The molecule has 1 fully saturated rings. The molecule has 0 aromatic rings. The molecule has 1 heterocycles. The second-order valence-electron chi connectivity index (χ2n) is 3.10. The molecule has 0 aliphatic carbocycles. The standard InChI is InChI=1S/C9H14O4S/c1-12-9(11)6-14-5-8(10)7-2-3-13-4-7/h7H,2-6H2,1H3. The maximum atomic E-state index is 11.5. The van der Waals surface area contributed by atoms with Gasteiger partial charge in [-0.3, -0.25) is 9.59 Å². The number of hydrogen-bond donors (Lipinski definition) is 0. The molecule has 0 aromatic heterocycles. The lowest BCUT2D eigenvalue weighted by Crippen LogP contribution is -2.17. The second kappa shape index (κ2) is 6.03. The van der Waals surface area contributed by atoms with Gasteiger partial charge in [-0.2, -0.15) is 0 Å². The van der Waals surface area contributed by atoms with Gasteiger partial charge in [-0.1, -0.05) is 0 Å². The summed E-state index contributed by atoms with van der Waals surface area (Å²) in [7, 11) is 1.34. The molecule has 80 valence electrons. The molecule has 1 aliphatic rings. The molecule has 1 aliphatic heterocycles. The molecule has 0 radical (unpaired) electrons. The van der Waals surface area contributed by atoms with Crippen LogP contribution in [-0.2, 0) is 19.1 Å². The van der Waals surface area contributed by atoms with E-state index in [0.717, 1.165) is 6.42 Å². The summed E-state index contributed by atoms with van der Waals surface area (Å²) in [6, 6.07) is 0. The fraction of sp³-hybridized carbons (Fsp3) is 0.778. The minimum absolute atomic E-state index is 0.0418. The number of methoxy groups -OCH3 is 1. The van der Waals surface area contributed by atoms with Gasteiger partial charge in [-0.05, 0) is 6.42 Å². The van der Waals surface area contributed by atoms with E-state index >= 15 is 0 Å². The zero-order valence-corrected chi connectivity index (χ0v) is 8.97. The van der Waals surface area contributed by atoms with Crippen LogP contribution in [0.2, 0.25) is 0 Å². The Morgan fingerprint density at radius 1 is 1.50 bits per heavy atom. The Balaban J connectivity index is 2.11. The average Bonchev–Trinajstić information content (AvgIpc) is 2.70. The number of esters is 1. The van der Waals surface area contributed by atoms with Gasteiger partial charge >= 0.3 is 5.97 Å². The first-order valence-electron chi connectivity index (χ1n) is 4.49. The zero-order valence-electron chi connectivity index (χ0n) is 8.15. The largest absolute Gasteiger partial charge is 0.468 e. The number of carbonyl (C=O) groups excluding carboxylic acids is 2. The van der Waals surface area contributed by atoms with Gasteiger partial charge in [0.25, 0.3) is 0 Å². The number of rotatable bonds is 5. The molecule has 14 heavy (non-hydrogen) atoms. The van der Waals surface area contributed by atoms with Gasteiger partial charge < -0.3 is 9.47 Å². The van der Waals surface area contributed by atoms with Crippen LogP contribution in [0.4, 0.5) is 0 Å². The molecule has 1 saturated heterocycles. The summed E-state index contributed by atoms with van der Waals surface area (Å²) in [5, 5.41) is 0. The van der Waals surface area contributed by atoms with Crippen molar-refractivity contribution in [3.8, 4) is 0 Å². The van der Waals surface area contributed by atoms with Crippen LogP contribution >= 0.6 is 11.8 Å². The average molecular weight is 218 g/mol. The van der Waals surface area contributed by atoms with Crippen molar-refractivity contribution in [2.45, 2.75) is 6.42 Å². The Hall–Kier alpha value is -0.550. The summed E-state index contributed by atoms with van der Waals surface area (Å²) in [6.45, 7) is 1.22. The predicted octanol–water partition coefficient (Wildman–Crippen LogP) is 0.498. The Kier molecular flexibility index (Phi) is 4.97. The number of Topliss-reactive ketones (excluding diaryl/α,β-unsaturated/α-hetero) is 1. The van der Waals surface area contributed by atoms with E-state index in [1.54, 1.807) is 0 Å². The van der Waals surface area contributed by atoms with Crippen LogP contribution in [0.1, 0.15) is 6.42 Å². The lowest BCUT2D eigenvalue weighted by Gasteiger charge is -2.05. The number of thioether (sulfide) groups is 1. The first-order chi connectivity index (χ1) is 6.74. The molecule has 0 saturated carbocycles. The van der Waals surface area contributed by atoms with Crippen molar-refractivity contribution in [3.63, 3.8) is 0 Å². The van der Waals surface area contributed by atoms with Gasteiger partial charge in [0.05, 0.1) is 25.2 Å². The second-order valence-corrected chi connectivity index (χ2v) is 4.08. The molecule has 0 bridgehead atoms. The van der Waals surface area contributed by atoms with Crippen LogP contribution in [0.15, 0.2) is 0 Å². The Morgan fingerprint density at radius 2 is 2.29 bits per heavy atom. The summed E-state index contributed by atoms with van der Waals surface area (Å²) >= 11 is 1.30. The summed E-state index contributed by atoms with van der Waals surface area (Å²) in [5.41, 5.74) is 0. The van der Waals surface area contributed by atoms with E-state index in [2.05, 4.69) is 4.74 Å². The molecular formula is C9H14O4S. The van der Waals surface area contributed by atoms with Crippen LogP contribution in [0.5, 0.6) is 0 Å². The molecule has 0 aromatic carbocycles. The summed E-state index contributed by atoms with van der Waals surface area (Å²) < 4.78 is 9.57. The van der Waals surface area contributed by atoms with E-state index in [1.165, 1.54) is 18.9 Å². The SMILES string of the molecule is COC(=O)CSCC(=O)C1CCOC1. The van der Waals surface area contributed by atoms with Crippen molar-refractivity contribution in [3.05, 3.63) is 0 Å². The van der Waals surface area contributed by atoms with Crippen LogP contribution in [0.25, 0.3) is 0 Å². The fourth-order valence-electron chi connectivity index (χ4n) is 1.20. The smallest absolute Gasteiger partial charge is 0.315 e. The number of ether oxygens (including phenoxy) is 2. The van der Waals surface area contributed by atoms with Crippen molar-refractivity contribution >= 4 is 23.5 Å². The Bertz CT molecular complexity index is 211. The minimum Gasteiger partial charge on any atom is -0.468 e. The maximum Gasteiger partial charge on any atom is 0.315 e. The van der Waals surface area contributed by atoms with Crippen molar-refractivity contribution in [1.82, 2.24) is 0 Å². The van der Waals surface area contributed by atoms with E-state index in [9.17, 15) is 9.59 Å². The Morgan fingerprint density at radius 3 is 2.86 bits per heavy atom. The Labute approximate surface area is 87.3 Å². The third-order valence-electron chi connectivity index (χ3n) is 2.08. The lowest BCUT2D eigenvalue weighted by atomic mass is 10.1. The highest BCUT2D eigenvalue weighted by atomic mass is 32.2. The lowest BCUT2D eigenvalue weighted by molar-refractivity contribution is -0.137. The highest BCUT2D eigenvalue weighted by Gasteiger charge is 2.23. The van der Waals surface area contributed by atoms with Crippen molar-refractivity contribution in [2.24, 2.45) is 5.92 Å². The molecule has 1 rings (SSSR count). The van der Waals surface area contributed by atoms with E-state index in [-0.39, 0.29) is 23.4 Å². The number of ketones is 1. The van der Waals surface area contributed by atoms with Gasteiger partial charge in [0, 0.05) is 12.5 Å².